The summed E-state index contributed by atoms with van der Waals surface area (Å²) in [6.07, 6.45) is 1.99. The molecule has 1 aliphatic rings. The number of nitrogens with one attached hydrogen (secondary N) is 2. The van der Waals surface area contributed by atoms with Crippen LogP contribution in [0.15, 0.2) is 0 Å². The molecule has 1 amide bonds. The largest absolute Gasteiger partial charge is 0.383 e. The van der Waals surface area contributed by atoms with E-state index in [1.807, 2.05) is 0 Å². The minimum absolute atomic E-state index is 0.0177. The van der Waals surface area contributed by atoms with Gasteiger partial charge in [0, 0.05) is 7.11 Å². The van der Waals surface area contributed by atoms with Crippen LogP contribution < -0.4 is 10.6 Å². The molecule has 3 unspecified atom stereocenters. The van der Waals surface area contributed by atoms with E-state index in [1.54, 1.807) is 7.11 Å². The second-order valence-corrected chi connectivity index (χ2v) is 4.27. The SMILES string of the molecule is CCC(COC)NC(=O)C1NCCC1C. The van der Waals surface area contributed by atoms with Crippen molar-refractivity contribution in [3.05, 3.63) is 0 Å². The molecule has 0 saturated carbocycles. The molecule has 0 aromatic heterocycles. The zero-order chi connectivity index (χ0) is 11.3. The predicted octanol–water partition coefficient (Wildman–Crippen LogP) is 0.526. The average Bonchev–Trinajstić information content (AvgIpc) is 2.63. The molecular formula is C11H22N2O2. The Morgan fingerprint density at radius 3 is 2.87 bits per heavy atom. The molecule has 1 rings (SSSR count). The van der Waals surface area contributed by atoms with Crippen LogP contribution in [-0.2, 0) is 9.53 Å². The fraction of sp³-hybridized carbons (Fsp3) is 0.909. The van der Waals surface area contributed by atoms with Crippen molar-refractivity contribution in [3.8, 4) is 0 Å². The van der Waals surface area contributed by atoms with Crippen molar-refractivity contribution in [2.75, 3.05) is 20.3 Å². The van der Waals surface area contributed by atoms with Gasteiger partial charge < -0.3 is 15.4 Å². The Morgan fingerprint density at radius 1 is 1.67 bits per heavy atom. The molecule has 4 nitrogen and oxygen atoms in total. The molecule has 0 aromatic rings. The van der Waals surface area contributed by atoms with Gasteiger partial charge in [0.2, 0.25) is 5.91 Å². The molecule has 0 bridgehead atoms. The van der Waals surface area contributed by atoms with Crippen molar-refractivity contribution >= 4 is 5.91 Å². The number of hydrogen-bond donors (Lipinski definition) is 2. The maximum atomic E-state index is 11.9. The lowest BCUT2D eigenvalue weighted by Crippen LogP contribution is -2.48. The van der Waals surface area contributed by atoms with Gasteiger partial charge in [-0.1, -0.05) is 13.8 Å². The Hall–Kier alpha value is -0.610. The lowest BCUT2D eigenvalue weighted by molar-refractivity contribution is -0.124. The van der Waals surface area contributed by atoms with Crippen molar-refractivity contribution in [2.24, 2.45) is 5.92 Å². The van der Waals surface area contributed by atoms with E-state index < -0.39 is 0 Å². The third-order valence-corrected chi connectivity index (χ3v) is 3.02. The molecule has 2 N–H and O–H groups in total. The quantitative estimate of drug-likeness (QED) is 0.701. The summed E-state index contributed by atoms with van der Waals surface area (Å²) in [4.78, 5) is 11.9. The highest BCUT2D eigenvalue weighted by Gasteiger charge is 2.29. The minimum Gasteiger partial charge on any atom is -0.383 e. The first-order chi connectivity index (χ1) is 7.19. The zero-order valence-corrected chi connectivity index (χ0v) is 9.88. The van der Waals surface area contributed by atoms with Crippen LogP contribution >= 0.6 is 0 Å². The van der Waals surface area contributed by atoms with E-state index in [0.717, 1.165) is 19.4 Å². The van der Waals surface area contributed by atoms with Crippen LogP contribution in [0.5, 0.6) is 0 Å². The zero-order valence-electron chi connectivity index (χ0n) is 9.88. The number of amides is 1. The van der Waals surface area contributed by atoms with E-state index in [9.17, 15) is 4.79 Å². The van der Waals surface area contributed by atoms with Gasteiger partial charge in [-0.25, -0.2) is 0 Å². The third kappa shape index (κ3) is 3.47. The highest BCUT2D eigenvalue weighted by molar-refractivity contribution is 5.82. The van der Waals surface area contributed by atoms with E-state index in [1.165, 1.54) is 0 Å². The molecule has 0 aromatic carbocycles. The van der Waals surface area contributed by atoms with E-state index >= 15 is 0 Å². The van der Waals surface area contributed by atoms with Crippen molar-refractivity contribution in [3.63, 3.8) is 0 Å². The number of ether oxygens (including phenoxy) is 1. The lowest BCUT2D eigenvalue weighted by Gasteiger charge is -2.21. The Kier molecular flexibility index (Phi) is 5.05. The predicted molar refractivity (Wildman–Crippen MR) is 59.7 cm³/mol. The summed E-state index contributed by atoms with van der Waals surface area (Å²) < 4.78 is 5.05. The fourth-order valence-electron chi connectivity index (χ4n) is 1.94. The van der Waals surface area contributed by atoms with Crippen molar-refractivity contribution in [1.29, 1.82) is 0 Å². The van der Waals surface area contributed by atoms with Gasteiger partial charge in [-0.2, -0.15) is 0 Å². The molecule has 0 aliphatic carbocycles. The van der Waals surface area contributed by atoms with Crippen LogP contribution in [0.2, 0.25) is 0 Å². The molecule has 15 heavy (non-hydrogen) atoms. The first kappa shape index (κ1) is 12.5. The van der Waals surface area contributed by atoms with Crippen LogP contribution in [0, 0.1) is 5.92 Å². The molecule has 1 fully saturated rings. The Balaban J connectivity index is 2.39. The smallest absolute Gasteiger partial charge is 0.237 e. The number of carbonyl (C=O) groups excluding carboxylic acids is 1. The summed E-state index contributed by atoms with van der Waals surface area (Å²) in [6.45, 7) is 5.70. The summed E-state index contributed by atoms with van der Waals surface area (Å²) in [5, 5.41) is 6.24. The highest BCUT2D eigenvalue weighted by Crippen LogP contribution is 2.14. The summed E-state index contributed by atoms with van der Waals surface area (Å²) in [5.41, 5.74) is 0. The average molecular weight is 214 g/mol. The maximum absolute atomic E-state index is 11.9. The van der Waals surface area contributed by atoms with Gasteiger partial charge in [0.05, 0.1) is 18.7 Å². The normalized spacial score (nSPS) is 27.7. The van der Waals surface area contributed by atoms with E-state index in [0.29, 0.717) is 12.5 Å². The molecule has 0 radical (unpaired) electrons. The van der Waals surface area contributed by atoms with Gasteiger partial charge in [-0.15, -0.1) is 0 Å². The van der Waals surface area contributed by atoms with Crippen LogP contribution in [0.3, 0.4) is 0 Å². The Labute approximate surface area is 91.8 Å². The summed E-state index contributed by atoms with van der Waals surface area (Å²) in [5.74, 6) is 0.550. The summed E-state index contributed by atoms with van der Waals surface area (Å²) in [6, 6.07) is 0.119. The molecule has 1 saturated heterocycles. The molecular weight excluding hydrogens is 192 g/mol. The standard InChI is InChI=1S/C11H22N2O2/c1-4-9(7-15-3)13-11(14)10-8(2)5-6-12-10/h8-10,12H,4-7H2,1-3H3,(H,13,14). The summed E-state index contributed by atoms with van der Waals surface area (Å²) >= 11 is 0. The molecule has 0 spiro atoms. The first-order valence-electron chi connectivity index (χ1n) is 5.71. The molecule has 4 heteroatoms. The maximum Gasteiger partial charge on any atom is 0.237 e. The van der Waals surface area contributed by atoms with E-state index in [-0.39, 0.29) is 18.0 Å². The third-order valence-electron chi connectivity index (χ3n) is 3.02. The molecule has 3 atom stereocenters. The number of carbonyl (C=O) groups is 1. The van der Waals surface area contributed by atoms with Crippen LogP contribution in [0.1, 0.15) is 26.7 Å². The van der Waals surface area contributed by atoms with Crippen LogP contribution in [0.4, 0.5) is 0 Å². The van der Waals surface area contributed by atoms with Gasteiger partial charge in [0.25, 0.3) is 0 Å². The second kappa shape index (κ2) is 6.08. The number of rotatable bonds is 5. The molecule has 1 aliphatic heterocycles. The van der Waals surface area contributed by atoms with Crippen molar-refractivity contribution < 1.29 is 9.53 Å². The summed E-state index contributed by atoms with van der Waals surface area (Å²) in [7, 11) is 1.66. The van der Waals surface area contributed by atoms with Gasteiger partial charge in [-0.05, 0) is 25.3 Å². The highest BCUT2D eigenvalue weighted by atomic mass is 16.5. The van der Waals surface area contributed by atoms with Gasteiger partial charge in [0.15, 0.2) is 0 Å². The first-order valence-corrected chi connectivity index (χ1v) is 5.71. The second-order valence-electron chi connectivity index (χ2n) is 4.27. The Bertz CT molecular complexity index is 209. The monoisotopic (exact) mass is 214 g/mol. The van der Waals surface area contributed by atoms with E-state index in [4.69, 9.17) is 4.74 Å². The molecule has 88 valence electrons. The number of hydrogen-bond acceptors (Lipinski definition) is 3. The van der Waals surface area contributed by atoms with Crippen molar-refractivity contribution in [2.45, 2.75) is 38.8 Å². The van der Waals surface area contributed by atoms with Gasteiger partial charge >= 0.3 is 0 Å². The van der Waals surface area contributed by atoms with Crippen molar-refractivity contribution in [1.82, 2.24) is 10.6 Å². The lowest BCUT2D eigenvalue weighted by atomic mass is 10.0. The van der Waals surface area contributed by atoms with Crippen LogP contribution in [-0.4, -0.2) is 38.3 Å². The van der Waals surface area contributed by atoms with Gasteiger partial charge in [-0.3, -0.25) is 4.79 Å². The van der Waals surface area contributed by atoms with Gasteiger partial charge in [0.1, 0.15) is 0 Å². The topological polar surface area (TPSA) is 50.4 Å². The number of methoxy groups -OCH3 is 1. The Morgan fingerprint density at radius 2 is 2.40 bits per heavy atom. The van der Waals surface area contributed by atoms with Crippen LogP contribution in [0.25, 0.3) is 0 Å². The van der Waals surface area contributed by atoms with E-state index in [2.05, 4.69) is 24.5 Å². The fourth-order valence-corrected chi connectivity index (χ4v) is 1.94. The molecule has 1 heterocycles. The minimum atomic E-state index is -0.0177.